The molecule has 21 heavy (non-hydrogen) atoms. The molecule has 0 bridgehead atoms. The second-order valence-corrected chi connectivity index (χ2v) is 6.74. The number of hydrogen-bond acceptors (Lipinski definition) is 4. The molecule has 2 N–H and O–H groups in total. The Hall–Kier alpha value is -1.91. The summed E-state index contributed by atoms with van der Waals surface area (Å²) in [6, 6.07) is 8.25. The van der Waals surface area contributed by atoms with Crippen LogP contribution in [0.2, 0.25) is 0 Å². The van der Waals surface area contributed by atoms with Gasteiger partial charge in [0.25, 0.3) is 0 Å². The minimum atomic E-state index is -3.87. The lowest BCUT2D eigenvalue weighted by atomic mass is 9.98. The van der Waals surface area contributed by atoms with Crippen molar-refractivity contribution in [2.75, 3.05) is 0 Å². The van der Waals surface area contributed by atoms with Gasteiger partial charge in [-0.25, -0.2) is 8.42 Å². The maximum atomic E-state index is 12.2. The van der Waals surface area contributed by atoms with Crippen LogP contribution in [0.1, 0.15) is 37.8 Å². The summed E-state index contributed by atoms with van der Waals surface area (Å²) in [5, 5.41) is 18.2. The van der Waals surface area contributed by atoms with E-state index >= 15 is 0 Å². The Morgan fingerprint density at radius 2 is 2.05 bits per heavy atom. The third-order valence-electron chi connectivity index (χ3n) is 3.09. The molecule has 0 saturated carbocycles. The Bertz CT molecular complexity index is 664. The van der Waals surface area contributed by atoms with Gasteiger partial charge in [0.05, 0.1) is 17.4 Å². The van der Waals surface area contributed by atoms with E-state index in [1.165, 1.54) is 19.1 Å². The number of nitrogens with one attached hydrogen (secondary N) is 1. The SMILES string of the molecule is CCCC(C)(NS(=O)(=O)Cc1ccccc1C#N)C(=O)O. The smallest absolute Gasteiger partial charge is 0.324 e. The number of benzene rings is 1. The minimum Gasteiger partial charge on any atom is -0.480 e. The standard InChI is InChI=1S/C14H18N2O4S/c1-3-8-14(2,13(17)18)16-21(19,20)10-12-7-5-4-6-11(12)9-15/h4-7,16H,3,8,10H2,1-2H3,(H,17,18). The first-order chi connectivity index (χ1) is 9.74. The molecule has 0 amide bonds. The van der Waals surface area contributed by atoms with Crippen molar-refractivity contribution in [3.8, 4) is 6.07 Å². The van der Waals surface area contributed by atoms with Crippen LogP contribution in [0.25, 0.3) is 0 Å². The fourth-order valence-electron chi connectivity index (χ4n) is 2.04. The molecule has 1 aromatic carbocycles. The van der Waals surface area contributed by atoms with Crippen molar-refractivity contribution in [3.05, 3.63) is 35.4 Å². The highest BCUT2D eigenvalue weighted by molar-refractivity contribution is 7.88. The van der Waals surface area contributed by atoms with Gasteiger partial charge in [-0.3, -0.25) is 4.79 Å². The van der Waals surface area contributed by atoms with Crippen molar-refractivity contribution in [1.29, 1.82) is 5.26 Å². The normalized spacial score (nSPS) is 14.1. The van der Waals surface area contributed by atoms with Gasteiger partial charge in [-0.2, -0.15) is 9.98 Å². The van der Waals surface area contributed by atoms with Crippen LogP contribution in [0.15, 0.2) is 24.3 Å². The highest BCUT2D eigenvalue weighted by Gasteiger charge is 2.36. The summed E-state index contributed by atoms with van der Waals surface area (Å²) in [6.07, 6.45) is 0.710. The van der Waals surface area contributed by atoms with Crippen LogP contribution in [0.3, 0.4) is 0 Å². The summed E-state index contributed by atoms with van der Waals surface area (Å²) in [5.74, 6) is -1.65. The van der Waals surface area contributed by atoms with E-state index in [1.54, 1.807) is 19.1 Å². The van der Waals surface area contributed by atoms with Gasteiger partial charge in [0.1, 0.15) is 5.54 Å². The van der Waals surface area contributed by atoms with E-state index < -0.39 is 27.3 Å². The van der Waals surface area contributed by atoms with Crippen LogP contribution in [-0.2, 0) is 20.6 Å². The van der Waals surface area contributed by atoms with Crippen molar-refractivity contribution < 1.29 is 18.3 Å². The van der Waals surface area contributed by atoms with E-state index in [4.69, 9.17) is 5.26 Å². The summed E-state index contributed by atoms with van der Waals surface area (Å²) in [6.45, 7) is 3.12. The summed E-state index contributed by atoms with van der Waals surface area (Å²) in [5.41, 5.74) is -0.943. The summed E-state index contributed by atoms with van der Waals surface area (Å²) in [7, 11) is -3.87. The Morgan fingerprint density at radius 3 is 2.57 bits per heavy atom. The highest BCUT2D eigenvalue weighted by atomic mass is 32.2. The third-order valence-corrected chi connectivity index (χ3v) is 4.54. The number of carboxylic acids is 1. The van der Waals surface area contributed by atoms with Gasteiger partial charge in [0, 0.05) is 0 Å². The van der Waals surface area contributed by atoms with Crippen molar-refractivity contribution in [3.63, 3.8) is 0 Å². The molecule has 6 nitrogen and oxygen atoms in total. The number of carboxylic acid groups (broad SMARTS) is 1. The van der Waals surface area contributed by atoms with Crippen molar-refractivity contribution >= 4 is 16.0 Å². The molecule has 1 atom stereocenters. The van der Waals surface area contributed by atoms with Gasteiger partial charge < -0.3 is 5.11 Å². The zero-order valence-corrected chi connectivity index (χ0v) is 12.8. The summed E-state index contributed by atoms with van der Waals surface area (Å²) < 4.78 is 26.6. The molecular weight excluding hydrogens is 292 g/mol. The van der Waals surface area contributed by atoms with E-state index in [9.17, 15) is 18.3 Å². The second-order valence-electron chi connectivity index (χ2n) is 5.02. The lowest BCUT2D eigenvalue weighted by Gasteiger charge is -2.25. The van der Waals surface area contributed by atoms with Crippen LogP contribution < -0.4 is 4.72 Å². The van der Waals surface area contributed by atoms with E-state index in [-0.39, 0.29) is 12.0 Å². The lowest BCUT2D eigenvalue weighted by Crippen LogP contribution is -2.52. The van der Waals surface area contributed by atoms with E-state index in [0.29, 0.717) is 12.0 Å². The third kappa shape index (κ3) is 4.55. The first-order valence-electron chi connectivity index (χ1n) is 6.47. The van der Waals surface area contributed by atoms with Crippen molar-refractivity contribution in [2.45, 2.75) is 38.0 Å². The first-order valence-corrected chi connectivity index (χ1v) is 8.12. The molecule has 0 aliphatic heterocycles. The number of carbonyl (C=O) groups is 1. The van der Waals surface area contributed by atoms with Crippen molar-refractivity contribution in [1.82, 2.24) is 4.72 Å². The first kappa shape index (κ1) is 17.1. The predicted octanol–water partition coefficient (Wildman–Crippen LogP) is 1.62. The Kier molecular flexibility index (Phi) is 5.47. The second kappa shape index (κ2) is 6.70. The average molecular weight is 310 g/mol. The van der Waals surface area contributed by atoms with Crippen LogP contribution in [0, 0.1) is 11.3 Å². The number of sulfonamides is 1. The van der Waals surface area contributed by atoms with Crippen LogP contribution >= 0.6 is 0 Å². The average Bonchev–Trinajstić information content (AvgIpc) is 2.38. The van der Waals surface area contributed by atoms with Crippen LogP contribution in [0.5, 0.6) is 0 Å². The summed E-state index contributed by atoms with van der Waals surface area (Å²) in [4.78, 5) is 11.3. The fraction of sp³-hybridized carbons (Fsp3) is 0.429. The maximum Gasteiger partial charge on any atom is 0.324 e. The molecule has 0 spiro atoms. The molecule has 0 aliphatic rings. The molecule has 1 aromatic rings. The zero-order valence-electron chi connectivity index (χ0n) is 12.0. The molecule has 114 valence electrons. The Balaban J connectivity index is 3.02. The number of hydrogen-bond donors (Lipinski definition) is 2. The molecule has 7 heteroatoms. The fourth-order valence-corrected chi connectivity index (χ4v) is 3.65. The van der Waals surface area contributed by atoms with Crippen LogP contribution in [0.4, 0.5) is 0 Å². The highest BCUT2D eigenvalue weighted by Crippen LogP contribution is 2.17. The van der Waals surface area contributed by atoms with E-state index in [2.05, 4.69) is 4.72 Å². The lowest BCUT2D eigenvalue weighted by molar-refractivity contribution is -0.143. The van der Waals surface area contributed by atoms with Gasteiger partial charge in [0.15, 0.2) is 0 Å². The van der Waals surface area contributed by atoms with E-state index in [1.807, 2.05) is 6.07 Å². The predicted molar refractivity (Wildman–Crippen MR) is 77.9 cm³/mol. The van der Waals surface area contributed by atoms with Gasteiger partial charge in [0.2, 0.25) is 10.0 Å². The number of nitriles is 1. The molecule has 0 heterocycles. The Labute approximate surface area is 124 Å². The minimum absolute atomic E-state index is 0.182. The molecule has 1 rings (SSSR count). The van der Waals surface area contributed by atoms with Crippen LogP contribution in [-0.4, -0.2) is 25.0 Å². The van der Waals surface area contributed by atoms with Crippen molar-refractivity contribution in [2.24, 2.45) is 0 Å². The molecule has 0 aromatic heterocycles. The molecular formula is C14H18N2O4S. The quantitative estimate of drug-likeness (QED) is 0.795. The molecule has 0 radical (unpaired) electrons. The molecule has 0 fully saturated rings. The van der Waals surface area contributed by atoms with Gasteiger partial charge in [-0.05, 0) is 25.0 Å². The zero-order chi connectivity index (χ0) is 16.1. The van der Waals surface area contributed by atoms with Gasteiger partial charge >= 0.3 is 5.97 Å². The number of nitrogens with zero attached hydrogens (tertiary/aromatic N) is 1. The maximum absolute atomic E-state index is 12.2. The Morgan fingerprint density at radius 1 is 1.43 bits per heavy atom. The van der Waals surface area contributed by atoms with Gasteiger partial charge in [-0.1, -0.05) is 31.5 Å². The summed E-state index contributed by atoms with van der Waals surface area (Å²) >= 11 is 0. The monoisotopic (exact) mass is 310 g/mol. The largest absolute Gasteiger partial charge is 0.480 e. The molecule has 1 unspecified atom stereocenters. The number of rotatable bonds is 7. The number of aliphatic carboxylic acids is 1. The van der Waals surface area contributed by atoms with E-state index in [0.717, 1.165) is 0 Å². The molecule has 0 saturated heterocycles. The molecule has 0 aliphatic carbocycles. The van der Waals surface area contributed by atoms with Gasteiger partial charge in [-0.15, -0.1) is 0 Å². The topological polar surface area (TPSA) is 107 Å².